The van der Waals surface area contributed by atoms with E-state index in [1.54, 1.807) is 6.07 Å². The number of hydrogen-bond donors (Lipinski definition) is 1. The summed E-state index contributed by atoms with van der Waals surface area (Å²) in [6.45, 7) is 0. The molecule has 0 unspecified atom stereocenters. The van der Waals surface area contributed by atoms with Crippen LogP contribution in [-0.4, -0.2) is 15.2 Å². The fourth-order valence-corrected chi connectivity index (χ4v) is 3.08. The third-order valence-electron chi connectivity index (χ3n) is 4.11. The predicted octanol–water partition coefficient (Wildman–Crippen LogP) is 3.47. The van der Waals surface area contributed by atoms with Crippen LogP contribution >= 0.6 is 0 Å². The molecule has 0 radical (unpaired) electrons. The van der Waals surface area contributed by atoms with Crippen molar-refractivity contribution in [1.29, 1.82) is 5.26 Å². The molecule has 0 fully saturated rings. The molecule has 3 aromatic rings. The minimum atomic E-state index is -0.000553. The summed E-state index contributed by atoms with van der Waals surface area (Å²) in [6, 6.07) is 12.7. The van der Waals surface area contributed by atoms with Crippen LogP contribution in [0, 0.1) is 11.3 Å². The van der Waals surface area contributed by atoms with Crippen LogP contribution in [0.15, 0.2) is 40.9 Å². The lowest BCUT2D eigenvalue weighted by atomic mass is 10.0. The maximum absolute atomic E-state index is 9.70. The van der Waals surface area contributed by atoms with Crippen molar-refractivity contribution in [3.8, 4) is 34.7 Å². The molecular formula is C18H13N3O2. The van der Waals surface area contributed by atoms with E-state index in [0.29, 0.717) is 22.8 Å². The highest BCUT2D eigenvalue weighted by atomic mass is 16.5. The van der Waals surface area contributed by atoms with Crippen LogP contribution in [-0.2, 0) is 12.8 Å². The molecule has 1 aliphatic carbocycles. The van der Waals surface area contributed by atoms with Crippen LogP contribution in [0.1, 0.15) is 23.1 Å². The van der Waals surface area contributed by atoms with E-state index in [2.05, 4.69) is 16.2 Å². The van der Waals surface area contributed by atoms with Gasteiger partial charge in [-0.2, -0.15) is 10.2 Å². The van der Waals surface area contributed by atoms with E-state index in [9.17, 15) is 5.11 Å². The molecule has 0 bridgehead atoms. The fourth-order valence-electron chi connectivity index (χ4n) is 3.08. The van der Waals surface area contributed by atoms with Crippen LogP contribution in [0.2, 0.25) is 0 Å². The summed E-state index contributed by atoms with van der Waals surface area (Å²) in [5.74, 6) is 0.836. The number of nitriles is 1. The Labute approximate surface area is 132 Å². The van der Waals surface area contributed by atoms with E-state index in [4.69, 9.17) is 9.78 Å². The van der Waals surface area contributed by atoms with Gasteiger partial charge in [-0.3, -0.25) is 0 Å². The molecule has 0 spiro atoms. The highest BCUT2D eigenvalue weighted by Gasteiger charge is 2.19. The van der Waals surface area contributed by atoms with Crippen LogP contribution in [0.5, 0.6) is 5.75 Å². The Kier molecular flexibility index (Phi) is 3.09. The second-order valence-electron chi connectivity index (χ2n) is 5.60. The molecule has 4 rings (SSSR count). The molecule has 2 aromatic carbocycles. The average molecular weight is 303 g/mol. The van der Waals surface area contributed by atoms with E-state index in [0.717, 1.165) is 24.8 Å². The summed E-state index contributed by atoms with van der Waals surface area (Å²) in [5, 5.41) is 22.8. The molecule has 0 amide bonds. The Balaban J connectivity index is 1.78. The van der Waals surface area contributed by atoms with Gasteiger partial charge in [0.15, 0.2) is 0 Å². The fraction of sp³-hybridized carbons (Fsp3) is 0.167. The second-order valence-corrected chi connectivity index (χ2v) is 5.60. The summed E-state index contributed by atoms with van der Waals surface area (Å²) in [6.07, 6.45) is 3.27. The molecule has 5 heteroatoms. The van der Waals surface area contributed by atoms with Crippen molar-refractivity contribution in [1.82, 2.24) is 10.1 Å². The van der Waals surface area contributed by atoms with Crippen LogP contribution < -0.4 is 0 Å². The van der Waals surface area contributed by atoms with Crippen molar-refractivity contribution in [2.75, 3.05) is 0 Å². The van der Waals surface area contributed by atoms with Crippen molar-refractivity contribution in [2.24, 2.45) is 0 Å². The molecule has 112 valence electrons. The van der Waals surface area contributed by atoms with Crippen LogP contribution in [0.3, 0.4) is 0 Å². The number of rotatable bonds is 2. The third kappa shape index (κ3) is 2.34. The normalized spacial score (nSPS) is 12.8. The smallest absolute Gasteiger partial charge is 0.258 e. The zero-order valence-electron chi connectivity index (χ0n) is 12.3. The molecule has 1 N–H and O–H groups in total. The first-order valence-electron chi connectivity index (χ1n) is 7.44. The molecule has 1 heterocycles. The standard InChI is InChI=1S/C18H13N3O2/c19-10-11-7-13(9-14(22)8-11)18-20-17(21-23-18)16-6-2-4-12-3-1-5-15(12)16/h2,4,6-9,22H,1,3,5H2. The number of aryl methyl sites for hydroxylation is 1. The SMILES string of the molecule is N#Cc1cc(O)cc(-c2nc(-c3cccc4c3CCC4)no2)c1. The second kappa shape index (κ2) is 5.25. The first-order chi connectivity index (χ1) is 11.2. The van der Waals surface area contributed by atoms with Crippen molar-refractivity contribution >= 4 is 0 Å². The number of phenolic OH excluding ortho intramolecular Hbond substituents is 1. The zero-order valence-corrected chi connectivity index (χ0v) is 12.3. The van der Waals surface area contributed by atoms with Crippen LogP contribution in [0.25, 0.3) is 22.8 Å². The van der Waals surface area contributed by atoms with Gasteiger partial charge < -0.3 is 9.63 Å². The monoisotopic (exact) mass is 303 g/mol. The predicted molar refractivity (Wildman–Crippen MR) is 83.6 cm³/mol. The van der Waals surface area contributed by atoms with E-state index < -0.39 is 0 Å². The number of fused-ring (bicyclic) bond motifs is 1. The quantitative estimate of drug-likeness (QED) is 0.783. The average Bonchev–Trinajstić information content (AvgIpc) is 3.23. The van der Waals surface area contributed by atoms with Crippen molar-refractivity contribution in [3.63, 3.8) is 0 Å². The molecule has 23 heavy (non-hydrogen) atoms. The lowest BCUT2D eigenvalue weighted by Crippen LogP contribution is -1.90. The number of hydrogen-bond acceptors (Lipinski definition) is 5. The largest absolute Gasteiger partial charge is 0.508 e. The Morgan fingerprint density at radius 1 is 1.17 bits per heavy atom. The van der Waals surface area contributed by atoms with Gasteiger partial charge in [0.05, 0.1) is 11.6 Å². The van der Waals surface area contributed by atoms with E-state index >= 15 is 0 Å². The van der Waals surface area contributed by atoms with E-state index in [1.165, 1.54) is 23.3 Å². The van der Waals surface area contributed by atoms with Gasteiger partial charge in [0, 0.05) is 11.1 Å². The lowest BCUT2D eigenvalue weighted by molar-refractivity contribution is 0.431. The zero-order chi connectivity index (χ0) is 15.8. The molecule has 0 aliphatic heterocycles. The third-order valence-corrected chi connectivity index (χ3v) is 4.11. The van der Waals surface area contributed by atoms with Crippen LogP contribution in [0.4, 0.5) is 0 Å². The number of aromatic hydroxyl groups is 1. The van der Waals surface area contributed by atoms with Gasteiger partial charge in [-0.05, 0) is 48.6 Å². The number of benzene rings is 2. The molecule has 0 saturated heterocycles. The maximum atomic E-state index is 9.70. The van der Waals surface area contributed by atoms with Gasteiger partial charge in [0.2, 0.25) is 5.82 Å². The van der Waals surface area contributed by atoms with Gasteiger partial charge in [-0.25, -0.2) is 0 Å². The van der Waals surface area contributed by atoms with Gasteiger partial charge in [0.25, 0.3) is 5.89 Å². The minimum absolute atomic E-state index is 0.000553. The van der Waals surface area contributed by atoms with Gasteiger partial charge in [-0.1, -0.05) is 23.4 Å². The summed E-state index contributed by atoms with van der Waals surface area (Å²) in [4.78, 5) is 4.45. The van der Waals surface area contributed by atoms with Gasteiger partial charge in [-0.15, -0.1) is 0 Å². The topological polar surface area (TPSA) is 82.9 Å². The van der Waals surface area contributed by atoms with Gasteiger partial charge in [0.1, 0.15) is 5.75 Å². The van der Waals surface area contributed by atoms with Gasteiger partial charge >= 0.3 is 0 Å². The number of phenols is 1. The minimum Gasteiger partial charge on any atom is -0.508 e. The Morgan fingerprint density at radius 2 is 2.09 bits per heavy atom. The Hall–Kier alpha value is -3.13. The number of aromatic nitrogens is 2. The summed E-state index contributed by atoms with van der Waals surface area (Å²) in [7, 11) is 0. The molecule has 5 nitrogen and oxygen atoms in total. The summed E-state index contributed by atoms with van der Waals surface area (Å²) >= 11 is 0. The Bertz CT molecular complexity index is 938. The molecule has 0 saturated carbocycles. The Morgan fingerprint density at radius 3 is 2.96 bits per heavy atom. The maximum Gasteiger partial charge on any atom is 0.258 e. The summed E-state index contributed by atoms with van der Waals surface area (Å²) < 4.78 is 5.34. The highest BCUT2D eigenvalue weighted by Crippen LogP contribution is 2.32. The molecule has 0 atom stereocenters. The highest BCUT2D eigenvalue weighted by molar-refractivity contribution is 5.66. The van der Waals surface area contributed by atoms with E-state index in [-0.39, 0.29) is 5.75 Å². The lowest BCUT2D eigenvalue weighted by Gasteiger charge is -2.03. The van der Waals surface area contributed by atoms with Crippen molar-refractivity contribution in [2.45, 2.75) is 19.3 Å². The number of nitrogens with zero attached hydrogens (tertiary/aromatic N) is 3. The summed E-state index contributed by atoms with van der Waals surface area (Å²) in [5.41, 5.74) is 4.51. The van der Waals surface area contributed by atoms with Crippen molar-refractivity contribution in [3.05, 3.63) is 53.1 Å². The first-order valence-corrected chi connectivity index (χ1v) is 7.44. The molecule has 1 aromatic heterocycles. The van der Waals surface area contributed by atoms with Crippen molar-refractivity contribution < 1.29 is 9.63 Å². The van der Waals surface area contributed by atoms with E-state index in [1.807, 2.05) is 18.2 Å². The first kappa shape index (κ1) is 13.5. The molecule has 1 aliphatic rings. The molecular weight excluding hydrogens is 290 g/mol.